The molecule has 0 bridgehead atoms. The van der Waals surface area contributed by atoms with E-state index in [0.717, 1.165) is 6.54 Å². The summed E-state index contributed by atoms with van der Waals surface area (Å²) in [5.74, 6) is 0. The van der Waals surface area contributed by atoms with Crippen molar-refractivity contribution >= 4 is 6.34 Å². The second-order valence-electron chi connectivity index (χ2n) is 1.80. The average molecular weight is 113 g/mol. The molecule has 3 heteroatoms. The molecule has 0 saturated carbocycles. The molecule has 0 aromatic heterocycles. The molecule has 0 aliphatic carbocycles. The van der Waals surface area contributed by atoms with Gasteiger partial charge in [-0.05, 0) is 0 Å². The summed E-state index contributed by atoms with van der Waals surface area (Å²) >= 11 is 0. The van der Waals surface area contributed by atoms with Crippen molar-refractivity contribution in [3.63, 3.8) is 0 Å². The summed E-state index contributed by atoms with van der Waals surface area (Å²) in [5.41, 5.74) is 0. The number of aliphatic imine (C=N–C) groups is 1. The topological polar surface area (TPSA) is 24.8 Å². The Morgan fingerprint density at radius 1 is 1.88 bits per heavy atom. The van der Waals surface area contributed by atoms with Crippen LogP contribution in [0, 0.1) is 0 Å². The van der Waals surface area contributed by atoms with Crippen molar-refractivity contribution in [2.45, 2.75) is 6.23 Å². The van der Waals surface area contributed by atoms with Gasteiger partial charge in [0.05, 0.1) is 6.54 Å². The first-order chi connectivity index (χ1) is 3.83. The SMILES string of the molecule is COC1CN(C)[C]=N1. The first-order valence-corrected chi connectivity index (χ1v) is 2.52. The zero-order valence-electron chi connectivity index (χ0n) is 5.09. The number of rotatable bonds is 1. The van der Waals surface area contributed by atoms with E-state index in [4.69, 9.17) is 4.74 Å². The average Bonchev–Trinajstić information content (AvgIpc) is 2.14. The quantitative estimate of drug-likeness (QED) is 0.471. The van der Waals surface area contributed by atoms with E-state index in [9.17, 15) is 0 Å². The van der Waals surface area contributed by atoms with E-state index in [1.807, 2.05) is 11.9 Å². The summed E-state index contributed by atoms with van der Waals surface area (Å²) in [6.45, 7) is 0.830. The van der Waals surface area contributed by atoms with Crippen LogP contribution in [0.25, 0.3) is 0 Å². The summed E-state index contributed by atoms with van der Waals surface area (Å²) in [5, 5.41) is 0. The highest BCUT2D eigenvalue weighted by atomic mass is 16.5. The molecule has 1 rings (SSSR count). The van der Waals surface area contributed by atoms with Gasteiger partial charge in [-0.25, -0.2) is 4.99 Å². The maximum Gasteiger partial charge on any atom is 0.169 e. The molecule has 0 aromatic carbocycles. The Morgan fingerprint density at radius 2 is 2.62 bits per heavy atom. The molecule has 1 atom stereocenters. The number of ether oxygens (including phenoxy) is 1. The summed E-state index contributed by atoms with van der Waals surface area (Å²) in [6, 6.07) is 0. The van der Waals surface area contributed by atoms with Gasteiger partial charge in [-0.15, -0.1) is 0 Å². The van der Waals surface area contributed by atoms with Crippen LogP contribution in [0.5, 0.6) is 0 Å². The van der Waals surface area contributed by atoms with Crippen molar-refractivity contribution in [3.8, 4) is 0 Å². The fourth-order valence-electron chi connectivity index (χ4n) is 0.606. The predicted octanol–water partition coefficient (Wildman–Crippen LogP) is -0.190. The molecule has 3 nitrogen and oxygen atoms in total. The third-order valence-electron chi connectivity index (χ3n) is 1.07. The summed E-state index contributed by atoms with van der Waals surface area (Å²) in [4.78, 5) is 5.76. The van der Waals surface area contributed by atoms with Crippen LogP contribution in [0.3, 0.4) is 0 Å². The molecule has 0 saturated heterocycles. The smallest absolute Gasteiger partial charge is 0.169 e. The van der Waals surface area contributed by atoms with Crippen molar-refractivity contribution in [3.05, 3.63) is 0 Å². The van der Waals surface area contributed by atoms with Crippen LogP contribution in [-0.4, -0.2) is 38.2 Å². The second-order valence-corrected chi connectivity index (χ2v) is 1.80. The Labute approximate surface area is 49.0 Å². The zero-order chi connectivity index (χ0) is 5.98. The normalized spacial score (nSPS) is 27.2. The van der Waals surface area contributed by atoms with Crippen LogP contribution >= 0.6 is 0 Å². The summed E-state index contributed by atoms with van der Waals surface area (Å²) in [7, 11) is 3.57. The van der Waals surface area contributed by atoms with Crippen LogP contribution in [0.15, 0.2) is 4.99 Å². The van der Waals surface area contributed by atoms with Gasteiger partial charge < -0.3 is 9.64 Å². The summed E-state index contributed by atoms with van der Waals surface area (Å²) < 4.78 is 4.91. The minimum Gasteiger partial charge on any atom is -0.358 e. The largest absolute Gasteiger partial charge is 0.358 e. The lowest BCUT2D eigenvalue weighted by Gasteiger charge is -2.06. The third-order valence-corrected chi connectivity index (χ3v) is 1.07. The highest BCUT2D eigenvalue weighted by Gasteiger charge is 2.12. The molecule has 0 aromatic rings. The minimum absolute atomic E-state index is 0.0139. The van der Waals surface area contributed by atoms with Gasteiger partial charge in [0.15, 0.2) is 12.6 Å². The molecule has 0 N–H and O–H groups in total. The molecule has 0 spiro atoms. The van der Waals surface area contributed by atoms with Crippen molar-refractivity contribution in [1.82, 2.24) is 4.90 Å². The van der Waals surface area contributed by atoms with Gasteiger partial charge in [0.1, 0.15) is 0 Å². The molecule has 1 unspecified atom stereocenters. The molecular weight excluding hydrogens is 104 g/mol. The maximum atomic E-state index is 4.91. The zero-order valence-corrected chi connectivity index (χ0v) is 5.09. The van der Waals surface area contributed by atoms with Gasteiger partial charge in [0, 0.05) is 14.2 Å². The van der Waals surface area contributed by atoms with Gasteiger partial charge in [-0.2, -0.15) is 0 Å². The van der Waals surface area contributed by atoms with Gasteiger partial charge in [-0.1, -0.05) is 0 Å². The minimum atomic E-state index is 0.0139. The Kier molecular flexibility index (Phi) is 1.48. The van der Waals surface area contributed by atoms with Gasteiger partial charge in [0.2, 0.25) is 0 Å². The van der Waals surface area contributed by atoms with E-state index in [-0.39, 0.29) is 6.23 Å². The van der Waals surface area contributed by atoms with E-state index < -0.39 is 0 Å². The van der Waals surface area contributed by atoms with Gasteiger partial charge in [0.25, 0.3) is 0 Å². The number of hydrogen-bond acceptors (Lipinski definition) is 3. The molecular formula is C5H9N2O. The van der Waals surface area contributed by atoms with Crippen molar-refractivity contribution in [2.24, 2.45) is 4.99 Å². The lowest BCUT2D eigenvalue weighted by atomic mass is 10.6. The van der Waals surface area contributed by atoms with Crippen LogP contribution < -0.4 is 0 Å². The molecule has 1 radical (unpaired) electrons. The standard InChI is InChI=1S/C5H9N2O/c1-7-3-5(8-2)6-4-7/h5H,3H2,1-2H3. The molecule has 8 heavy (non-hydrogen) atoms. The fourth-order valence-corrected chi connectivity index (χ4v) is 0.606. The van der Waals surface area contributed by atoms with Crippen LogP contribution in [0.1, 0.15) is 0 Å². The van der Waals surface area contributed by atoms with Crippen LogP contribution in [0.4, 0.5) is 0 Å². The number of likely N-dealkylation sites (N-methyl/N-ethyl adjacent to an activating group) is 1. The van der Waals surface area contributed by atoms with Crippen LogP contribution in [0.2, 0.25) is 0 Å². The molecule has 1 aliphatic heterocycles. The van der Waals surface area contributed by atoms with Gasteiger partial charge >= 0.3 is 0 Å². The lowest BCUT2D eigenvalue weighted by molar-refractivity contribution is 0.108. The molecule has 45 valence electrons. The Morgan fingerprint density at radius 3 is 2.88 bits per heavy atom. The highest BCUT2D eigenvalue weighted by molar-refractivity contribution is 5.56. The molecule has 0 fully saturated rings. The van der Waals surface area contributed by atoms with E-state index in [0.29, 0.717) is 0 Å². The van der Waals surface area contributed by atoms with E-state index in [1.54, 1.807) is 7.11 Å². The Hall–Kier alpha value is -0.570. The van der Waals surface area contributed by atoms with Crippen LogP contribution in [-0.2, 0) is 4.74 Å². The van der Waals surface area contributed by atoms with E-state index >= 15 is 0 Å². The lowest BCUT2D eigenvalue weighted by Crippen LogP contribution is -2.19. The van der Waals surface area contributed by atoms with E-state index in [1.165, 1.54) is 0 Å². The number of hydrogen-bond donors (Lipinski definition) is 0. The van der Waals surface area contributed by atoms with Gasteiger partial charge in [-0.3, -0.25) is 0 Å². The highest BCUT2D eigenvalue weighted by Crippen LogP contribution is 1.99. The molecule has 1 heterocycles. The van der Waals surface area contributed by atoms with Crippen molar-refractivity contribution < 1.29 is 4.74 Å². The van der Waals surface area contributed by atoms with Crippen molar-refractivity contribution in [1.29, 1.82) is 0 Å². The fraction of sp³-hybridized carbons (Fsp3) is 0.800. The first kappa shape index (κ1) is 5.56. The predicted molar refractivity (Wildman–Crippen MR) is 30.9 cm³/mol. The number of nitrogens with zero attached hydrogens (tertiary/aromatic N) is 2. The monoisotopic (exact) mass is 113 g/mol. The summed E-state index contributed by atoms with van der Waals surface area (Å²) in [6.07, 6.45) is 2.77. The maximum absolute atomic E-state index is 4.91. The Balaban J connectivity index is 2.34. The first-order valence-electron chi connectivity index (χ1n) is 2.52. The Bertz CT molecular complexity index is 103. The second kappa shape index (κ2) is 2.13. The van der Waals surface area contributed by atoms with E-state index in [2.05, 4.69) is 11.3 Å². The number of methoxy groups -OCH3 is 1. The molecule has 1 aliphatic rings. The molecule has 0 amide bonds. The third kappa shape index (κ3) is 0.980. The van der Waals surface area contributed by atoms with Crippen molar-refractivity contribution in [2.75, 3.05) is 20.7 Å².